The molecule has 4 unspecified atom stereocenters. The number of ether oxygens (including phenoxy) is 2. The highest BCUT2D eigenvalue weighted by atomic mass is 16.7. The molecule has 0 saturated heterocycles. The van der Waals surface area contributed by atoms with Gasteiger partial charge < -0.3 is 9.47 Å². The highest BCUT2D eigenvalue weighted by molar-refractivity contribution is 5.60. The van der Waals surface area contributed by atoms with Crippen molar-refractivity contribution < 1.29 is 14.3 Å². The third kappa shape index (κ3) is 7.16. The van der Waals surface area contributed by atoms with Gasteiger partial charge in [0.15, 0.2) is 0 Å². The summed E-state index contributed by atoms with van der Waals surface area (Å²) in [6.45, 7) is 12.7. The van der Waals surface area contributed by atoms with Crippen LogP contribution in [-0.4, -0.2) is 18.4 Å². The first-order chi connectivity index (χ1) is 9.49. The number of rotatable bonds is 10. The Labute approximate surface area is 125 Å². The van der Waals surface area contributed by atoms with Gasteiger partial charge in [-0.25, -0.2) is 4.79 Å². The molecule has 4 atom stereocenters. The van der Waals surface area contributed by atoms with Gasteiger partial charge in [-0.1, -0.05) is 67.2 Å². The van der Waals surface area contributed by atoms with E-state index in [0.717, 1.165) is 38.5 Å². The van der Waals surface area contributed by atoms with Crippen LogP contribution in [-0.2, 0) is 9.47 Å². The molecule has 0 saturated carbocycles. The van der Waals surface area contributed by atoms with Gasteiger partial charge in [0.25, 0.3) is 0 Å². The van der Waals surface area contributed by atoms with Gasteiger partial charge in [0.05, 0.1) is 0 Å². The maximum atomic E-state index is 12.0. The minimum Gasteiger partial charge on any atom is -0.431 e. The molecular formula is C17H34O3. The number of carbonyl (C=O) groups is 1. The molecule has 0 aromatic heterocycles. The van der Waals surface area contributed by atoms with Crippen LogP contribution in [0, 0.1) is 11.8 Å². The minimum absolute atomic E-state index is 0.0169. The second-order valence-corrected chi connectivity index (χ2v) is 5.91. The van der Waals surface area contributed by atoms with Crippen LogP contribution in [0.15, 0.2) is 0 Å². The Bertz CT molecular complexity index is 229. The maximum absolute atomic E-state index is 12.0. The van der Waals surface area contributed by atoms with Gasteiger partial charge >= 0.3 is 6.16 Å². The van der Waals surface area contributed by atoms with E-state index in [2.05, 4.69) is 41.5 Å². The fraction of sp³-hybridized carbons (Fsp3) is 0.941. The Kier molecular flexibility index (Phi) is 10.6. The Morgan fingerprint density at radius 2 is 1.15 bits per heavy atom. The zero-order valence-electron chi connectivity index (χ0n) is 14.3. The van der Waals surface area contributed by atoms with Gasteiger partial charge in [-0.15, -0.1) is 0 Å². The quantitative estimate of drug-likeness (QED) is 0.492. The predicted molar refractivity (Wildman–Crippen MR) is 83.9 cm³/mol. The molecule has 0 rings (SSSR count). The molecular weight excluding hydrogens is 252 g/mol. The van der Waals surface area contributed by atoms with Gasteiger partial charge in [-0.05, 0) is 24.7 Å². The monoisotopic (exact) mass is 286 g/mol. The summed E-state index contributed by atoms with van der Waals surface area (Å²) in [6, 6.07) is 0. The Morgan fingerprint density at radius 3 is 1.40 bits per heavy atom. The van der Waals surface area contributed by atoms with Gasteiger partial charge in [0.2, 0.25) is 0 Å². The number of carbonyl (C=O) groups excluding carboxylic acids is 1. The van der Waals surface area contributed by atoms with Crippen molar-refractivity contribution >= 4 is 6.16 Å². The molecule has 0 aliphatic rings. The zero-order chi connectivity index (χ0) is 15.5. The van der Waals surface area contributed by atoms with E-state index in [-0.39, 0.29) is 12.2 Å². The molecule has 3 nitrogen and oxygen atoms in total. The Hall–Kier alpha value is -0.730. The molecule has 0 bridgehead atoms. The van der Waals surface area contributed by atoms with E-state index in [1.54, 1.807) is 0 Å². The van der Waals surface area contributed by atoms with Crippen molar-refractivity contribution in [3.05, 3.63) is 0 Å². The molecule has 3 heteroatoms. The average Bonchev–Trinajstić information content (AvgIpc) is 2.44. The molecule has 20 heavy (non-hydrogen) atoms. The van der Waals surface area contributed by atoms with E-state index in [4.69, 9.17) is 9.47 Å². The number of hydrogen-bond donors (Lipinski definition) is 0. The van der Waals surface area contributed by atoms with Crippen molar-refractivity contribution in [3.63, 3.8) is 0 Å². The Morgan fingerprint density at radius 1 is 0.800 bits per heavy atom. The van der Waals surface area contributed by atoms with E-state index >= 15 is 0 Å². The molecule has 0 amide bonds. The van der Waals surface area contributed by atoms with Crippen molar-refractivity contribution in [2.24, 2.45) is 11.8 Å². The molecule has 0 fully saturated rings. The van der Waals surface area contributed by atoms with Crippen LogP contribution in [0.25, 0.3) is 0 Å². The van der Waals surface area contributed by atoms with Crippen molar-refractivity contribution in [1.82, 2.24) is 0 Å². The van der Waals surface area contributed by atoms with Crippen LogP contribution in [0.3, 0.4) is 0 Å². The lowest BCUT2D eigenvalue weighted by atomic mass is 9.98. The summed E-state index contributed by atoms with van der Waals surface area (Å²) in [6.07, 6.45) is 5.37. The highest BCUT2D eigenvalue weighted by Gasteiger charge is 2.24. The van der Waals surface area contributed by atoms with Gasteiger partial charge in [0, 0.05) is 0 Å². The van der Waals surface area contributed by atoms with Crippen LogP contribution in [0.2, 0.25) is 0 Å². The van der Waals surface area contributed by atoms with Crippen molar-refractivity contribution in [3.8, 4) is 0 Å². The van der Waals surface area contributed by atoms with Crippen molar-refractivity contribution in [1.29, 1.82) is 0 Å². The minimum atomic E-state index is -0.484. The second kappa shape index (κ2) is 11.0. The van der Waals surface area contributed by atoms with Crippen LogP contribution >= 0.6 is 0 Å². The first-order valence-electron chi connectivity index (χ1n) is 8.37. The molecule has 0 radical (unpaired) electrons. The van der Waals surface area contributed by atoms with E-state index < -0.39 is 6.16 Å². The molecule has 0 aliphatic carbocycles. The molecule has 120 valence electrons. The largest absolute Gasteiger partial charge is 0.508 e. The van der Waals surface area contributed by atoms with E-state index in [1.807, 2.05) is 0 Å². The first-order valence-corrected chi connectivity index (χ1v) is 8.37. The van der Waals surface area contributed by atoms with E-state index in [0.29, 0.717) is 11.8 Å². The second-order valence-electron chi connectivity index (χ2n) is 5.91. The summed E-state index contributed by atoms with van der Waals surface area (Å²) in [5.41, 5.74) is 0. The summed E-state index contributed by atoms with van der Waals surface area (Å²) >= 11 is 0. The van der Waals surface area contributed by atoms with Gasteiger partial charge in [0.1, 0.15) is 12.2 Å². The fourth-order valence-electron chi connectivity index (χ4n) is 2.29. The first kappa shape index (κ1) is 19.3. The molecule has 0 N–H and O–H groups in total. The third-order valence-corrected chi connectivity index (χ3v) is 4.20. The topological polar surface area (TPSA) is 35.5 Å². The third-order valence-electron chi connectivity index (χ3n) is 4.20. The normalized spacial score (nSPS) is 17.1. The van der Waals surface area contributed by atoms with Crippen LogP contribution in [0.5, 0.6) is 0 Å². The average molecular weight is 286 g/mol. The van der Waals surface area contributed by atoms with E-state index in [9.17, 15) is 4.79 Å². The maximum Gasteiger partial charge on any atom is 0.508 e. The van der Waals surface area contributed by atoms with E-state index in [1.165, 1.54) is 0 Å². The molecule has 0 heterocycles. The lowest BCUT2D eigenvalue weighted by Crippen LogP contribution is -2.30. The highest BCUT2D eigenvalue weighted by Crippen LogP contribution is 2.21. The van der Waals surface area contributed by atoms with Gasteiger partial charge in [-0.3, -0.25) is 0 Å². The summed E-state index contributed by atoms with van der Waals surface area (Å²) in [4.78, 5) is 12.0. The molecule has 0 aromatic carbocycles. The fourth-order valence-corrected chi connectivity index (χ4v) is 2.29. The van der Waals surface area contributed by atoms with Crippen molar-refractivity contribution in [2.75, 3.05) is 0 Å². The van der Waals surface area contributed by atoms with Crippen LogP contribution in [0.1, 0.15) is 80.1 Å². The van der Waals surface area contributed by atoms with Gasteiger partial charge in [-0.2, -0.15) is 0 Å². The van der Waals surface area contributed by atoms with Crippen molar-refractivity contribution in [2.45, 2.75) is 92.3 Å². The smallest absolute Gasteiger partial charge is 0.431 e. The predicted octanol–water partition coefficient (Wildman–Crippen LogP) is 5.57. The summed E-state index contributed by atoms with van der Waals surface area (Å²) in [7, 11) is 0. The molecule has 0 aromatic rings. The standard InChI is InChI=1S/C17H34O3/c1-7-11-15(13(5)9-3)19-17(18)20-16(12-8-2)14(6)10-4/h13-16H,7-12H2,1-6H3. The number of hydrogen-bond acceptors (Lipinski definition) is 3. The summed E-state index contributed by atoms with van der Waals surface area (Å²) in [5, 5.41) is 0. The zero-order valence-corrected chi connectivity index (χ0v) is 14.3. The summed E-state index contributed by atoms with van der Waals surface area (Å²) in [5.74, 6) is 0.770. The lowest BCUT2D eigenvalue weighted by molar-refractivity contribution is -0.0334. The van der Waals surface area contributed by atoms with Crippen LogP contribution < -0.4 is 0 Å². The molecule has 0 aliphatic heterocycles. The van der Waals surface area contributed by atoms with Crippen LogP contribution in [0.4, 0.5) is 4.79 Å². The SMILES string of the molecule is CCCC(OC(=O)OC(CCC)C(C)CC)C(C)CC. The molecule has 0 spiro atoms. The summed E-state index contributed by atoms with van der Waals surface area (Å²) < 4.78 is 11.1. The Balaban J connectivity index is 4.47. The lowest BCUT2D eigenvalue weighted by Gasteiger charge is -2.26.